The van der Waals surface area contributed by atoms with Gasteiger partial charge in [-0.1, -0.05) is 85.6 Å². The number of thioether (sulfide) groups is 1. The van der Waals surface area contributed by atoms with E-state index in [1.165, 1.54) is 0 Å². The van der Waals surface area contributed by atoms with E-state index in [9.17, 15) is 0 Å². The van der Waals surface area contributed by atoms with Crippen LogP contribution in [0.2, 0.25) is 0 Å². The van der Waals surface area contributed by atoms with E-state index in [0.717, 1.165) is 20.9 Å². The Labute approximate surface area is 107 Å². The highest BCUT2D eigenvalue weighted by molar-refractivity contribution is 8.16. The molecule has 0 aromatic heterocycles. The Morgan fingerprint density at radius 3 is 1.35 bits per heavy atom. The van der Waals surface area contributed by atoms with Crippen molar-refractivity contribution in [2.24, 2.45) is 0 Å². The Bertz CT molecular complexity index is 462. The van der Waals surface area contributed by atoms with E-state index >= 15 is 0 Å². The van der Waals surface area contributed by atoms with Crippen LogP contribution >= 0.6 is 11.8 Å². The van der Waals surface area contributed by atoms with E-state index in [1.807, 2.05) is 36.4 Å². The average Bonchev–Trinajstić information content (AvgIpc) is 2.40. The topological polar surface area (TPSA) is 0 Å². The van der Waals surface area contributed by atoms with E-state index in [0.29, 0.717) is 0 Å². The second-order valence-electron chi connectivity index (χ2n) is 3.68. The maximum atomic E-state index is 4.09. The van der Waals surface area contributed by atoms with Gasteiger partial charge in [0.1, 0.15) is 0 Å². The van der Waals surface area contributed by atoms with Crippen LogP contribution in [0, 0.1) is 0 Å². The normalized spacial score (nSPS) is 9.88. The molecule has 0 fully saturated rings. The SMILES string of the molecule is C=C(SC(=C)c1ccccc1)c1ccccc1. The fourth-order valence-electron chi connectivity index (χ4n) is 1.51. The minimum absolute atomic E-state index is 1.03. The first-order valence-electron chi connectivity index (χ1n) is 5.44. The summed E-state index contributed by atoms with van der Waals surface area (Å²) in [5.41, 5.74) is 2.30. The van der Waals surface area contributed by atoms with E-state index in [4.69, 9.17) is 0 Å². The van der Waals surface area contributed by atoms with Gasteiger partial charge in [-0.15, -0.1) is 0 Å². The minimum atomic E-state index is 1.03. The highest BCUT2D eigenvalue weighted by Crippen LogP contribution is 2.36. The fourth-order valence-corrected chi connectivity index (χ4v) is 2.32. The van der Waals surface area contributed by atoms with E-state index in [2.05, 4.69) is 37.4 Å². The molecular formula is C16H14S. The van der Waals surface area contributed by atoms with Gasteiger partial charge in [-0.2, -0.15) is 0 Å². The Hall–Kier alpha value is -1.73. The van der Waals surface area contributed by atoms with E-state index in [1.54, 1.807) is 11.8 Å². The molecule has 0 spiro atoms. The van der Waals surface area contributed by atoms with Crippen molar-refractivity contribution in [3.8, 4) is 0 Å². The zero-order valence-corrected chi connectivity index (χ0v) is 10.4. The molecule has 0 nitrogen and oxygen atoms in total. The summed E-state index contributed by atoms with van der Waals surface area (Å²) in [5, 5.41) is 0. The zero-order chi connectivity index (χ0) is 12.1. The molecule has 17 heavy (non-hydrogen) atoms. The molecule has 2 aromatic rings. The highest BCUT2D eigenvalue weighted by atomic mass is 32.2. The van der Waals surface area contributed by atoms with Gasteiger partial charge >= 0.3 is 0 Å². The third-order valence-electron chi connectivity index (χ3n) is 2.44. The lowest BCUT2D eigenvalue weighted by molar-refractivity contribution is 1.65. The van der Waals surface area contributed by atoms with Crippen molar-refractivity contribution >= 4 is 21.6 Å². The third-order valence-corrected chi connectivity index (χ3v) is 3.40. The second kappa shape index (κ2) is 5.55. The lowest BCUT2D eigenvalue weighted by atomic mass is 10.2. The molecule has 2 aromatic carbocycles. The molecule has 0 heterocycles. The van der Waals surface area contributed by atoms with Crippen molar-refractivity contribution in [3.05, 3.63) is 84.9 Å². The molecule has 0 radical (unpaired) electrons. The molecule has 0 saturated heterocycles. The van der Waals surface area contributed by atoms with Crippen molar-refractivity contribution in [2.75, 3.05) is 0 Å². The fraction of sp³-hybridized carbons (Fsp3) is 0. The van der Waals surface area contributed by atoms with Gasteiger partial charge in [-0.3, -0.25) is 0 Å². The summed E-state index contributed by atoms with van der Waals surface area (Å²) < 4.78 is 0. The summed E-state index contributed by atoms with van der Waals surface area (Å²) >= 11 is 1.62. The Kier molecular flexibility index (Phi) is 3.84. The van der Waals surface area contributed by atoms with Crippen LogP contribution < -0.4 is 0 Å². The summed E-state index contributed by atoms with van der Waals surface area (Å²) in [4.78, 5) is 2.05. The summed E-state index contributed by atoms with van der Waals surface area (Å²) in [6.45, 7) is 8.19. The third kappa shape index (κ3) is 3.11. The lowest BCUT2D eigenvalue weighted by Crippen LogP contribution is -1.80. The Morgan fingerprint density at radius 1 is 0.647 bits per heavy atom. The first-order valence-corrected chi connectivity index (χ1v) is 6.25. The molecule has 0 aliphatic rings. The molecule has 0 aliphatic heterocycles. The molecule has 0 bridgehead atoms. The molecule has 0 saturated carbocycles. The van der Waals surface area contributed by atoms with Crippen molar-refractivity contribution in [3.63, 3.8) is 0 Å². The Morgan fingerprint density at radius 2 is 1.00 bits per heavy atom. The first kappa shape index (κ1) is 11.7. The van der Waals surface area contributed by atoms with Crippen LogP contribution in [-0.4, -0.2) is 0 Å². The van der Waals surface area contributed by atoms with Gasteiger partial charge in [-0.05, 0) is 11.1 Å². The first-order chi connectivity index (χ1) is 8.27. The lowest BCUT2D eigenvalue weighted by Gasteiger charge is -2.08. The van der Waals surface area contributed by atoms with Gasteiger partial charge in [0.05, 0.1) is 0 Å². The molecule has 0 unspecified atom stereocenters. The second-order valence-corrected chi connectivity index (χ2v) is 4.87. The summed E-state index contributed by atoms with van der Waals surface area (Å²) in [7, 11) is 0. The van der Waals surface area contributed by atoms with Gasteiger partial charge in [0.25, 0.3) is 0 Å². The largest absolute Gasteiger partial charge is 0.0901 e. The minimum Gasteiger partial charge on any atom is -0.0901 e. The standard InChI is InChI=1S/C16H14S/c1-13(15-9-5-3-6-10-15)17-14(2)16-11-7-4-8-12-16/h3-12H,1-2H2. The van der Waals surface area contributed by atoms with Gasteiger partial charge in [0, 0.05) is 9.81 Å². The number of benzene rings is 2. The van der Waals surface area contributed by atoms with Gasteiger partial charge in [-0.25, -0.2) is 0 Å². The van der Waals surface area contributed by atoms with Crippen LogP contribution in [0.15, 0.2) is 73.8 Å². The van der Waals surface area contributed by atoms with Gasteiger partial charge in [0.15, 0.2) is 0 Å². The van der Waals surface area contributed by atoms with E-state index < -0.39 is 0 Å². The van der Waals surface area contributed by atoms with Crippen LogP contribution in [0.4, 0.5) is 0 Å². The van der Waals surface area contributed by atoms with Crippen LogP contribution in [0.5, 0.6) is 0 Å². The van der Waals surface area contributed by atoms with Gasteiger partial charge < -0.3 is 0 Å². The van der Waals surface area contributed by atoms with Crippen molar-refractivity contribution in [2.45, 2.75) is 0 Å². The average molecular weight is 238 g/mol. The van der Waals surface area contributed by atoms with Crippen molar-refractivity contribution < 1.29 is 0 Å². The molecule has 2 rings (SSSR count). The van der Waals surface area contributed by atoms with Crippen molar-refractivity contribution in [1.82, 2.24) is 0 Å². The van der Waals surface area contributed by atoms with Gasteiger partial charge in [0.2, 0.25) is 0 Å². The van der Waals surface area contributed by atoms with Crippen molar-refractivity contribution in [1.29, 1.82) is 0 Å². The predicted octanol–water partition coefficient (Wildman–Crippen LogP) is 5.06. The number of hydrogen-bond acceptors (Lipinski definition) is 1. The molecule has 84 valence electrons. The molecule has 0 aliphatic carbocycles. The smallest absolute Gasteiger partial charge is 0.0122 e. The van der Waals surface area contributed by atoms with Crippen LogP contribution in [-0.2, 0) is 0 Å². The molecular weight excluding hydrogens is 224 g/mol. The summed E-state index contributed by atoms with van der Waals surface area (Å²) in [6.07, 6.45) is 0. The molecule has 1 heteroatoms. The van der Waals surface area contributed by atoms with Crippen LogP contribution in [0.25, 0.3) is 9.81 Å². The van der Waals surface area contributed by atoms with Crippen LogP contribution in [0.1, 0.15) is 11.1 Å². The van der Waals surface area contributed by atoms with E-state index in [-0.39, 0.29) is 0 Å². The molecule has 0 amide bonds. The number of hydrogen-bond donors (Lipinski definition) is 0. The maximum absolute atomic E-state index is 4.09. The predicted molar refractivity (Wildman–Crippen MR) is 78.5 cm³/mol. The van der Waals surface area contributed by atoms with Crippen LogP contribution in [0.3, 0.4) is 0 Å². The molecule has 0 atom stereocenters. The monoisotopic (exact) mass is 238 g/mol. The summed E-state index contributed by atoms with van der Waals surface area (Å²) in [6, 6.07) is 20.3. The number of rotatable bonds is 4. The quantitative estimate of drug-likeness (QED) is 0.717. The zero-order valence-electron chi connectivity index (χ0n) is 9.60. The maximum Gasteiger partial charge on any atom is 0.0122 e. The highest BCUT2D eigenvalue weighted by Gasteiger charge is 2.03. The summed E-state index contributed by atoms with van der Waals surface area (Å²) in [5.74, 6) is 0. The Balaban J connectivity index is 2.08. The molecule has 0 N–H and O–H groups in total.